The zero-order valence-electron chi connectivity index (χ0n) is 14.0. The summed E-state index contributed by atoms with van der Waals surface area (Å²) in [5, 5.41) is 0.566. The topological polar surface area (TPSA) is 61.8 Å². The summed E-state index contributed by atoms with van der Waals surface area (Å²) < 4.78 is 16.4. The molecule has 2 aliphatic carbocycles. The molecule has 1 aromatic rings. The lowest BCUT2D eigenvalue weighted by molar-refractivity contribution is -0.154. The number of fused-ring (bicyclic) bond motifs is 3. The number of carbonyl (C=O) groups excluding carboxylic acids is 2. The van der Waals surface area contributed by atoms with Crippen molar-refractivity contribution in [3.05, 3.63) is 28.3 Å². The fourth-order valence-electron chi connectivity index (χ4n) is 4.30. The molecule has 134 valence electrons. The lowest BCUT2D eigenvalue weighted by atomic mass is 9.67. The number of benzene rings is 1. The molecule has 0 spiro atoms. The highest BCUT2D eigenvalue weighted by atomic mass is 35.5. The van der Waals surface area contributed by atoms with Crippen molar-refractivity contribution in [2.24, 2.45) is 17.8 Å². The van der Waals surface area contributed by atoms with Gasteiger partial charge in [-0.25, -0.2) is 0 Å². The lowest BCUT2D eigenvalue weighted by Gasteiger charge is -2.36. The molecule has 1 aromatic carbocycles. The summed E-state index contributed by atoms with van der Waals surface area (Å²) in [6.45, 7) is 0.746. The first-order valence-electron chi connectivity index (χ1n) is 8.84. The van der Waals surface area contributed by atoms with Gasteiger partial charge in [0.25, 0.3) is 0 Å². The van der Waals surface area contributed by atoms with Crippen LogP contribution in [0, 0.1) is 17.8 Å². The minimum absolute atomic E-state index is 0.0458. The summed E-state index contributed by atoms with van der Waals surface area (Å²) >= 11 is 6.14. The smallest absolute Gasteiger partial charge is 0.309 e. The first kappa shape index (κ1) is 16.9. The minimum atomic E-state index is -0.217. The van der Waals surface area contributed by atoms with E-state index in [1.807, 2.05) is 0 Å². The van der Waals surface area contributed by atoms with Crippen molar-refractivity contribution in [1.29, 1.82) is 0 Å². The Kier molecular flexibility index (Phi) is 4.69. The highest BCUT2D eigenvalue weighted by molar-refractivity contribution is 6.30. The van der Waals surface area contributed by atoms with Crippen molar-refractivity contribution in [3.8, 4) is 5.75 Å². The third kappa shape index (κ3) is 3.40. The molecule has 4 rings (SSSR count). The van der Waals surface area contributed by atoms with E-state index in [-0.39, 0.29) is 37.1 Å². The van der Waals surface area contributed by atoms with Crippen molar-refractivity contribution < 1.29 is 23.8 Å². The van der Waals surface area contributed by atoms with Crippen molar-refractivity contribution >= 4 is 23.4 Å². The van der Waals surface area contributed by atoms with Crippen LogP contribution in [0.2, 0.25) is 5.02 Å². The fraction of sp³-hybridized carbons (Fsp3) is 0.579. The van der Waals surface area contributed by atoms with Gasteiger partial charge >= 0.3 is 5.97 Å². The van der Waals surface area contributed by atoms with Crippen LogP contribution < -0.4 is 4.74 Å². The second kappa shape index (κ2) is 6.96. The fourth-order valence-corrected chi connectivity index (χ4v) is 4.57. The molecule has 0 aromatic heterocycles. The van der Waals surface area contributed by atoms with Gasteiger partial charge in [-0.15, -0.1) is 0 Å². The van der Waals surface area contributed by atoms with E-state index in [2.05, 4.69) is 0 Å². The van der Waals surface area contributed by atoms with Crippen LogP contribution in [0.1, 0.15) is 43.2 Å². The van der Waals surface area contributed by atoms with Crippen molar-refractivity contribution in [1.82, 2.24) is 0 Å². The molecule has 0 N–H and O–H groups in total. The normalized spacial score (nSPS) is 28.0. The van der Waals surface area contributed by atoms with Crippen LogP contribution in [0.4, 0.5) is 0 Å². The van der Waals surface area contributed by atoms with Gasteiger partial charge in [0.05, 0.1) is 12.5 Å². The predicted molar refractivity (Wildman–Crippen MR) is 90.1 cm³/mol. The third-order valence-corrected chi connectivity index (χ3v) is 5.72. The van der Waals surface area contributed by atoms with Crippen LogP contribution in [-0.4, -0.2) is 18.5 Å². The second-order valence-corrected chi connectivity index (χ2v) is 7.60. The molecule has 0 amide bonds. The lowest BCUT2D eigenvalue weighted by Crippen LogP contribution is -2.39. The Labute approximate surface area is 151 Å². The maximum atomic E-state index is 12.5. The van der Waals surface area contributed by atoms with Crippen LogP contribution in [0.15, 0.2) is 12.1 Å². The Morgan fingerprint density at radius 2 is 2.00 bits per heavy atom. The third-order valence-electron chi connectivity index (χ3n) is 5.50. The number of esters is 1. The van der Waals surface area contributed by atoms with Crippen molar-refractivity contribution in [2.75, 3.05) is 6.79 Å². The highest BCUT2D eigenvalue weighted by Crippen LogP contribution is 2.40. The van der Waals surface area contributed by atoms with Gasteiger partial charge in [0.1, 0.15) is 18.1 Å². The number of halogens is 1. The van der Waals surface area contributed by atoms with Gasteiger partial charge < -0.3 is 14.2 Å². The van der Waals surface area contributed by atoms with E-state index in [9.17, 15) is 9.59 Å². The molecule has 2 fully saturated rings. The highest BCUT2D eigenvalue weighted by Gasteiger charge is 2.41. The Bertz CT molecular complexity index is 685. The first-order chi connectivity index (χ1) is 12.1. The van der Waals surface area contributed by atoms with Gasteiger partial charge in [-0.3, -0.25) is 9.59 Å². The number of ketones is 1. The summed E-state index contributed by atoms with van der Waals surface area (Å²) in [4.78, 5) is 24.7. The number of hydrogen-bond acceptors (Lipinski definition) is 5. The number of carbonyl (C=O) groups is 2. The molecule has 1 heterocycles. The van der Waals surface area contributed by atoms with E-state index in [0.717, 1.165) is 30.4 Å². The Morgan fingerprint density at radius 3 is 2.76 bits per heavy atom. The van der Waals surface area contributed by atoms with Gasteiger partial charge in [-0.1, -0.05) is 18.0 Å². The summed E-state index contributed by atoms with van der Waals surface area (Å²) in [6, 6.07) is 3.56. The average Bonchev–Trinajstić information content (AvgIpc) is 2.59. The summed E-state index contributed by atoms with van der Waals surface area (Å²) in [5.41, 5.74) is 1.62. The molecule has 6 heteroatoms. The molecule has 5 nitrogen and oxygen atoms in total. The SMILES string of the molecule is O=C(OCc1cc(Cl)cc2c1OCOC2)C1C[C@H]2CCC[C@@H](C1)C2=O. The summed E-state index contributed by atoms with van der Waals surface area (Å²) in [7, 11) is 0. The van der Waals surface area contributed by atoms with E-state index in [4.69, 9.17) is 25.8 Å². The van der Waals surface area contributed by atoms with Crippen molar-refractivity contribution in [3.63, 3.8) is 0 Å². The van der Waals surface area contributed by atoms with Gasteiger partial charge in [-0.05, 0) is 37.8 Å². The number of hydrogen-bond donors (Lipinski definition) is 0. The molecular weight excluding hydrogens is 344 g/mol. The quantitative estimate of drug-likeness (QED) is 0.766. The largest absolute Gasteiger partial charge is 0.467 e. The number of rotatable bonds is 3. The van der Waals surface area contributed by atoms with Gasteiger partial charge in [-0.2, -0.15) is 0 Å². The molecule has 2 bridgehead atoms. The molecule has 3 atom stereocenters. The zero-order chi connectivity index (χ0) is 17.4. The Balaban J connectivity index is 1.43. The maximum absolute atomic E-state index is 12.5. The standard InChI is InChI=1S/C19H21ClO5/c20-16-6-14-8-23-10-25-18(14)15(7-16)9-24-19(22)13-4-11-2-1-3-12(5-13)17(11)21/h6-7,11-13H,1-5,8-10H2/t11-,12+,13?. The Hall–Kier alpha value is -1.59. The van der Waals surface area contributed by atoms with E-state index >= 15 is 0 Å². The molecule has 1 unspecified atom stereocenters. The number of ether oxygens (including phenoxy) is 3. The number of Topliss-reactive ketones (excluding diaryl/α,β-unsaturated/α-hetero) is 1. The second-order valence-electron chi connectivity index (χ2n) is 7.17. The predicted octanol–water partition coefficient (Wildman–Crippen LogP) is 3.65. The zero-order valence-corrected chi connectivity index (χ0v) is 14.7. The monoisotopic (exact) mass is 364 g/mol. The van der Waals surface area contributed by atoms with E-state index in [1.165, 1.54) is 0 Å². The average molecular weight is 365 g/mol. The summed E-state index contributed by atoms with van der Waals surface area (Å²) in [5.74, 6) is 0.748. The Morgan fingerprint density at radius 1 is 1.24 bits per heavy atom. The van der Waals surface area contributed by atoms with Crippen LogP contribution in [0.3, 0.4) is 0 Å². The summed E-state index contributed by atoms with van der Waals surface area (Å²) in [6.07, 6.45) is 4.18. The van der Waals surface area contributed by atoms with Crippen LogP contribution in [0.5, 0.6) is 5.75 Å². The van der Waals surface area contributed by atoms with Crippen LogP contribution >= 0.6 is 11.6 Å². The molecule has 0 radical (unpaired) electrons. The molecule has 25 heavy (non-hydrogen) atoms. The van der Waals surface area contributed by atoms with Gasteiger partial charge in [0.15, 0.2) is 6.79 Å². The van der Waals surface area contributed by atoms with Gasteiger partial charge in [0, 0.05) is 28.0 Å². The first-order valence-corrected chi connectivity index (χ1v) is 9.22. The molecule has 2 saturated carbocycles. The van der Waals surface area contributed by atoms with E-state index < -0.39 is 0 Å². The van der Waals surface area contributed by atoms with Crippen LogP contribution in [-0.2, 0) is 32.3 Å². The maximum Gasteiger partial charge on any atom is 0.309 e. The van der Waals surface area contributed by atoms with E-state index in [0.29, 0.717) is 36.0 Å². The molecule has 1 aliphatic heterocycles. The molecule has 0 saturated heterocycles. The minimum Gasteiger partial charge on any atom is -0.467 e. The molecular formula is C19H21ClO5. The van der Waals surface area contributed by atoms with Crippen LogP contribution in [0.25, 0.3) is 0 Å². The van der Waals surface area contributed by atoms with Gasteiger partial charge in [0.2, 0.25) is 0 Å². The van der Waals surface area contributed by atoms with E-state index in [1.54, 1.807) is 12.1 Å². The molecule has 3 aliphatic rings. The van der Waals surface area contributed by atoms with Crippen molar-refractivity contribution in [2.45, 2.75) is 45.3 Å².